The minimum atomic E-state index is -0.0338. The van der Waals surface area contributed by atoms with E-state index in [9.17, 15) is 4.79 Å². The first kappa shape index (κ1) is 14.1. The molecule has 1 heterocycles. The van der Waals surface area contributed by atoms with E-state index in [0.717, 1.165) is 16.9 Å². The Bertz CT molecular complexity index is 796. The minimum Gasteiger partial charge on any atom is -0.461 e. The molecule has 0 fully saturated rings. The Morgan fingerprint density at radius 3 is 1.95 bits per heavy atom. The van der Waals surface area contributed by atoms with Crippen LogP contribution in [0.1, 0.15) is 27.4 Å². The van der Waals surface area contributed by atoms with Crippen LogP contribution in [0.5, 0.6) is 0 Å². The summed E-state index contributed by atoms with van der Waals surface area (Å²) in [7, 11) is 0. The Balaban J connectivity index is 2.06. The Kier molecular flexibility index (Phi) is 4.01. The summed E-state index contributed by atoms with van der Waals surface area (Å²) in [5.74, 6) is 1.49. The molecule has 0 amide bonds. The average molecular weight is 288 g/mol. The zero-order chi connectivity index (χ0) is 15.4. The quantitative estimate of drug-likeness (QED) is 0.505. The molecule has 2 aromatic carbocycles. The molecule has 1 aromatic heterocycles. The van der Waals surface area contributed by atoms with Gasteiger partial charge in [0.25, 0.3) is 0 Å². The summed E-state index contributed by atoms with van der Waals surface area (Å²) >= 11 is 0. The fraction of sp³-hybridized carbons (Fsp3) is 0.0500. The lowest BCUT2D eigenvalue weighted by Gasteiger charge is -2.05. The number of ketones is 1. The summed E-state index contributed by atoms with van der Waals surface area (Å²) in [6.07, 6.45) is 1.64. The van der Waals surface area contributed by atoms with Crippen molar-refractivity contribution in [2.75, 3.05) is 0 Å². The highest BCUT2D eigenvalue weighted by atomic mass is 16.3. The fourth-order valence-corrected chi connectivity index (χ4v) is 2.31. The van der Waals surface area contributed by atoms with E-state index in [4.69, 9.17) is 4.42 Å². The Morgan fingerprint density at radius 2 is 1.41 bits per heavy atom. The minimum absolute atomic E-state index is 0.0338. The van der Waals surface area contributed by atoms with Crippen LogP contribution >= 0.6 is 0 Å². The number of rotatable bonds is 4. The van der Waals surface area contributed by atoms with Crippen LogP contribution in [0, 0.1) is 6.92 Å². The molecule has 0 atom stereocenters. The molecule has 2 heteroatoms. The van der Waals surface area contributed by atoms with Gasteiger partial charge in [0.1, 0.15) is 11.5 Å². The molecule has 0 radical (unpaired) electrons. The first-order chi connectivity index (χ1) is 10.7. The van der Waals surface area contributed by atoms with Crippen LogP contribution in [0.2, 0.25) is 0 Å². The molecule has 0 saturated carbocycles. The van der Waals surface area contributed by atoms with Crippen LogP contribution in [-0.4, -0.2) is 5.78 Å². The van der Waals surface area contributed by atoms with Crippen molar-refractivity contribution in [3.63, 3.8) is 0 Å². The number of furan rings is 1. The van der Waals surface area contributed by atoms with Crippen LogP contribution in [0.3, 0.4) is 0 Å². The van der Waals surface area contributed by atoms with Gasteiger partial charge in [0.05, 0.1) is 0 Å². The van der Waals surface area contributed by atoms with Crippen LogP contribution in [0.25, 0.3) is 5.57 Å². The highest BCUT2D eigenvalue weighted by Gasteiger charge is 2.12. The molecule has 3 rings (SSSR count). The lowest BCUT2D eigenvalue weighted by Crippen LogP contribution is -1.97. The van der Waals surface area contributed by atoms with Gasteiger partial charge in [-0.15, -0.1) is 0 Å². The zero-order valence-electron chi connectivity index (χ0n) is 12.3. The van der Waals surface area contributed by atoms with Gasteiger partial charge in [0.2, 0.25) is 0 Å². The van der Waals surface area contributed by atoms with E-state index in [1.807, 2.05) is 79.7 Å². The molecule has 22 heavy (non-hydrogen) atoms. The predicted octanol–water partition coefficient (Wildman–Crippen LogP) is 4.90. The first-order valence-electron chi connectivity index (χ1n) is 7.17. The number of aryl methyl sites for hydroxylation is 1. The maximum absolute atomic E-state index is 12.5. The van der Waals surface area contributed by atoms with Gasteiger partial charge in [0.15, 0.2) is 5.78 Å². The third-order valence-corrected chi connectivity index (χ3v) is 3.42. The SMILES string of the molecule is Cc1ccc(C(=CC(=O)c2ccccc2)c2ccccc2)o1. The summed E-state index contributed by atoms with van der Waals surface area (Å²) in [6, 6.07) is 22.8. The van der Waals surface area contributed by atoms with Crippen molar-refractivity contribution >= 4 is 11.4 Å². The lowest BCUT2D eigenvalue weighted by atomic mass is 10.00. The molecule has 0 saturated heterocycles. The summed E-state index contributed by atoms with van der Waals surface area (Å²) in [5.41, 5.74) is 2.42. The number of hydrogen-bond donors (Lipinski definition) is 0. The average Bonchev–Trinajstić information content (AvgIpc) is 3.00. The van der Waals surface area contributed by atoms with Gasteiger partial charge in [-0.2, -0.15) is 0 Å². The molecule has 0 aliphatic rings. The van der Waals surface area contributed by atoms with Crippen LogP contribution in [-0.2, 0) is 0 Å². The summed E-state index contributed by atoms with van der Waals surface area (Å²) in [6.45, 7) is 1.89. The van der Waals surface area contributed by atoms with Crippen molar-refractivity contribution in [3.05, 3.63) is 102 Å². The van der Waals surface area contributed by atoms with Crippen molar-refractivity contribution in [3.8, 4) is 0 Å². The van der Waals surface area contributed by atoms with Crippen LogP contribution in [0.4, 0.5) is 0 Å². The molecule has 108 valence electrons. The smallest absolute Gasteiger partial charge is 0.186 e. The maximum atomic E-state index is 12.5. The van der Waals surface area contributed by atoms with E-state index < -0.39 is 0 Å². The van der Waals surface area contributed by atoms with Crippen molar-refractivity contribution in [1.29, 1.82) is 0 Å². The number of benzene rings is 2. The largest absolute Gasteiger partial charge is 0.461 e. The van der Waals surface area contributed by atoms with E-state index in [-0.39, 0.29) is 5.78 Å². The molecule has 2 nitrogen and oxygen atoms in total. The molecule has 0 N–H and O–H groups in total. The number of carbonyl (C=O) groups is 1. The third kappa shape index (κ3) is 3.07. The number of carbonyl (C=O) groups excluding carboxylic acids is 1. The van der Waals surface area contributed by atoms with Gasteiger partial charge in [-0.1, -0.05) is 60.7 Å². The van der Waals surface area contributed by atoms with Crippen molar-refractivity contribution < 1.29 is 9.21 Å². The molecular weight excluding hydrogens is 272 g/mol. The molecule has 0 spiro atoms. The second kappa shape index (κ2) is 6.27. The first-order valence-corrected chi connectivity index (χ1v) is 7.17. The van der Waals surface area contributed by atoms with E-state index in [2.05, 4.69) is 0 Å². The zero-order valence-corrected chi connectivity index (χ0v) is 12.3. The third-order valence-electron chi connectivity index (χ3n) is 3.42. The normalized spacial score (nSPS) is 11.4. The monoisotopic (exact) mass is 288 g/mol. The second-order valence-corrected chi connectivity index (χ2v) is 5.06. The van der Waals surface area contributed by atoms with Crippen molar-refractivity contribution in [2.24, 2.45) is 0 Å². The Labute approximate surface area is 129 Å². The van der Waals surface area contributed by atoms with Gasteiger partial charge in [-0.3, -0.25) is 4.79 Å². The number of hydrogen-bond acceptors (Lipinski definition) is 2. The van der Waals surface area contributed by atoms with E-state index in [0.29, 0.717) is 11.3 Å². The van der Waals surface area contributed by atoms with Crippen LogP contribution in [0.15, 0.2) is 83.3 Å². The summed E-state index contributed by atoms with van der Waals surface area (Å²) in [5, 5.41) is 0. The van der Waals surface area contributed by atoms with Gasteiger partial charge in [-0.05, 0) is 30.7 Å². The van der Waals surface area contributed by atoms with Crippen LogP contribution < -0.4 is 0 Å². The lowest BCUT2D eigenvalue weighted by molar-refractivity contribution is 0.104. The number of allylic oxidation sites excluding steroid dienone is 1. The highest BCUT2D eigenvalue weighted by Crippen LogP contribution is 2.25. The molecule has 0 unspecified atom stereocenters. The summed E-state index contributed by atoms with van der Waals surface area (Å²) in [4.78, 5) is 12.5. The molecule has 0 aliphatic heterocycles. The standard InChI is InChI=1S/C20H16O2/c1-15-12-13-20(22-15)18(16-8-4-2-5-9-16)14-19(21)17-10-6-3-7-11-17/h2-14H,1H3. The fourth-order valence-electron chi connectivity index (χ4n) is 2.31. The van der Waals surface area contributed by atoms with Crippen molar-refractivity contribution in [2.45, 2.75) is 6.92 Å². The Hall–Kier alpha value is -2.87. The molecule has 0 bridgehead atoms. The van der Waals surface area contributed by atoms with Crippen molar-refractivity contribution in [1.82, 2.24) is 0 Å². The molecule has 0 aliphatic carbocycles. The van der Waals surface area contributed by atoms with E-state index >= 15 is 0 Å². The maximum Gasteiger partial charge on any atom is 0.186 e. The van der Waals surface area contributed by atoms with E-state index in [1.165, 1.54) is 0 Å². The van der Waals surface area contributed by atoms with Gasteiger partial charge < -0.3 is 4.42 Å². The predicted molar refractivity (Wildman–Crippen MR) is 87.7 cm³/mol. The van der Waals surface area contributed by atoms with Gasteiger partial charge >= 0.3 is 0 Å². The summed E-state index contributed by atoms with van der Waals surface area (Å²) < 4.78 is 5.72. The molecular formula is C20H16O2. The highest BCUT2D eigenvalue weighted by molar-refractivity contribution is 6.09. The van der Waals surface area contributed by atoms with Gasteiger partial charge in [-0.25, -0.2) is 0 Å². The topological polar surface area (TPSA) is 30.2 Å². The Morgan fingerprint density at radius 1 is 0.818 bits per heavy atom. The molecule has 3 aromatic rings. The van der Waals surface area contributed by atoms with Gasteiger partial charge in [0, 0.05) is 11.1 Å². The second-order valence-electron chi connectivity index (χ2n) is 5.06. The van der Waals surface area contributed by atoms with E-state index in [1.54, 1.807) is 6.08 Å².